The van der Waals surface area contributed by atoms with Crippen LogP contribution in [0.3, 0.4) is 0 Å². The van der Waals surface area contributed by atoms with Crippen molar-refractivity contribution in [3.63, 3.8) is 0 Å². The maximum absolute atomic E-state index is 11.5. The van der Waals surface area contributed by atoms with Gasteiger partial charge >= 0.3 is 5.97 Å². The number of carbonyl (C=O) groups is 1. The number of benzene rings is 1. The molecule has 0 fully saturated rings. The quantitative estimate of drug-likeness (QED) is 0.828. The minimum atomic E-state index is -0.570. The van der Waals surface area contributed by atoms with Crippen molar-refractivity contribution >= 4 is 5.97 Å². The van der Waals surface area contributed by atoms with Gasteiger partial charge in [0, 0.05) is 6.04 Å². The molecule has 0 bridgehead atoms. The van der Waals surface area contributed by atoms with E-state index in [1.807, 2.05) is 19.2 Å². The minimum absolute atomic E-state index is 0.323. The predicted molar refractivity (Wildman–Crippen MR) is 73.3 cm³/mol. The van der Waals surface area contributed by atoms with Crippen LogP contribution in [0.5, 0.6) is 5.75 Å². The van der Waals surface area contributed by atoms with Crippen molar-refractivity contribution in [2.24, 2.45) is 0 Å². The third kappa shape index (κ3) is 3.07. The second-order valence-electron chi connectivity index (χ2n) is 4.75. The number of fused-ring (bicyclic) bond motifs is 1. The maximum atomic E-state index is 11.5. The molecule has 0 amide bonds. The second kappa shape index (κ2) is 6.06. The van der Waals surface area contributed by atoms with Crippen LogP contribution in [-0.2, 0) is 16.0 Å². The molecule has 4 heteroatoms. The summed E-state index contributed by atoms with van der Waals surface area (Å²) in [5.74, 6) is 0.409. The molecule has 19 heavy (non-hydrogen) atoms. The van der Waals surface area contributed by atoms with Crippen molar-refractivity contribution in [2.45, 2.75) is 38.8 Å². The summed E-state index contributed by atoms with van der Waals surface area (Å²) in [4.78, 5) is 11.5. The van der Waals surface area contributed by atoms with Gasteiger partial charge in [-0.25, -0.2) is 4.79 Å². The normalized spacial score (nSPS) is 18.8. The Kier molecular flexibility index (Phi) is 4.43. The van der Waals surface area contributed by atoms with Gasteiger partial charge in [-0.2, -0.15) is 0 Å². The Balaban J connectivity index is 2.05. The van der Waals surface area contributed by atoms with Crippen molar-refractivity contribution in [1.82, 2.24) is 5.32 Å². The largest absolute Gasteiger partial charge is 0.479 e. The monoisotopic (exact) mass is 263 g/mol. The van der Waals surface area contributed by atoms with E-state index in [1.165, 1.54) is 11.1 Å². The van der Waals surface area contributed by atoms with E-state index in [0.717, 1.165) is 18.6 Å². The Labute approximate surface area is 114 Å². The number of aryl methyl sites for hydroxylation is 1. The highest BCUT2D eigenvalue weighted by Crippen LogP contribution is 2.33. The van der Waals surface area contributed by atoms with Crippen LogP contribution in [-0.4, -0.2) is 25.7 Å². The van der Waals surface area contributed by atoms with Gasteiger partial charge in [-0.05, 0) is 57.0 Å². The molecule has 0 aliphatic heterocycles. The zero-order valence-corrected chi connectivity index (χ0v) is 11.7. The first-order valence-electron chi connectivity index (χ1n) is 6.79. The molecule has 2 atom stereocenters. The first kappa shape index (κ1) is 13.9. The van der Waals surface area contributed by atoms with E-state index >= 15 is 0 Å². The van der Waals surface area contributed by atoms with Crippen molar-refractivity contribution < 1.29 is 14.3 Å². The minimum Gasteiger partial charge on any atom is -0.479 e. The molecule has 1 N–H and O–H groups in total. The molecule has 2 rings (SSSR count). The molecule has 104 valence electrons. The molecule has 1 aliphatic carbocycles. The van der Waals surface area contributed by atoms with Crippen LogP contribution in [0.2, 0.25) is 0 Å². The molecule has 1 aliphatic rings. The highest BCUT2D eigenvalue weighted by atomic mass is 16.6. The molecular formula is C15H21NO3. The number of esters is 1. The SMILES string of the molecule is CCOC(=O)C(C)Oc1ccc2c(c1)CCC2NC. The molecule has 0 radical (unpaired) electrons. The summed E-state index contributed by atoms with van der Waals surface area (Å²) in [6.45, 7) is 3.88. The van der Waals surface area contributed by atoms with Crippen LogP contribution in [0, 0.1) is 0 Å². The first-order valence-corrected chi connectivity index (χ1v) is 6.79. The van der Waals surface area contributed by atoms with Crippen molar-refractivity contribution in [3.8, 4) is 5.75 Å². The lowest BCUT2D eigenvalue weighted by molar-refractivity contribution is -0.150. The lowest BCUT2D eigenvalue weighted by Crippen LogP contribution is -2.26. The summed E-state index contributed by atoms with van der Waals surface area (Å²) < 4.78 is 10.6. The van der Waals surface area contributed by atoms with Gasteiger partial charge in [-0.3, -0.25) is 0 Å². The van der Waals surface area contributed by atoms with E-state index in [9.17, 15) is 4.79 Å². The smallest absolute Gasteiger partial charge is 0.347 e. The summed E-state index contributed by atoms with van der Waals surface area (Å²) in [6.07, 6.45) is 1.59. The summed E-state index contributed by atoms with van der Waals surface area (Å²) in [6, 6.07) is 6.47. The van der Waals surface area contributed by atoms with Crippen molar-refractivity contribution in [1.29, 1.82) is 0 Å². The van der Waals surface area contributed by atoms with Gasteiger partial charge in [0.1, 0.15) is 5.75 Å². The highest BCUT2D eigenvalue weighted by Gasteiger charge is 2.22. The molecule has 4 nitrogen and oxygen atoms in total. The molecule has 2 unspecified atom stereocenters. The number of carbonyl (C=O) groups excluding carboxylic acids is 1. The molecule has 1 aromatic carbocycles. The number of nitrogens with one attached hydrogen (secondary N) is 1. The summed E-state index contributed by atoms with van der Waals surface area (Å²) in [5.41, 5.74) is 2.63. The van der Waals surface area contributed by atoms with Gasteiger partial charge in [0.05, 0.1) is 6.61 Å². The van der Waals surface area contributed by atoms with Gasteiger partial charge < -0.3 is 14.8 Å². The van der Waals surface area contributed by atoms with E-state index in [4.69, 9.17) is 9.47 Å². The van der Waals surface area contributed by atoms with E-state index in [0.29, 0.717) is 12.6 Å². The average molecular weight is 263 g/mol. The predicted octanol–water partition coefficient (Wildman–Crippen LogP) is 2.22. The Morgan fingerprint density at radius 2 is 2.32 bits per heavy atom. The van der Waals surface area contributed by atoms with Crippen LogP contribution in [0.1, 0.15) is 37.4 Å². The van der Waals surface area contributed by atoms with Gasteiger partial charge in [0.2, 0.25) is 0 Å². The molecular weight excluding hydrogens is 242 g/mol. The van der Waals surface area contributed by atoms with E-state index in [2.05, 4.69) is 11.4 Å². The third-order valence-corrected chi connectivity index (χ3v) is 3.47. The highest BCUT2D eigenvalue weighted by molar-refractivity contribution is 5.74. The van der Waals surface area contributed by atoms with Crippen molar-refractivity contribution in [2.75, 3.05) is 13.7 Å². The maximum Gasteiger partial charge on any atom is 0.347 e. The molecule has 1 aromatic rings. The van der Waals surface area contributed by atoms with Gasteiger partial charge in [-0.15, -0.1) is 0 Å². The van der Waals surface area contributed by atoms with Crippen LogP contribution < -0.4 is 10.1 Å². The van der Waals surface area contributed by atoms with Crippen LogP contribution in [0.25, 0.3) is 0 Å². The standard InChI is InChI=1S/C15H21NO3/c1-4-18-15(17)10(2)19-12-6-7-13-11(9-12)5-8-14(13)16-3/h6-7,9-10,14,16H,4-5,8H2,1-3H3. The second-order valence-corrected chi connectivity index (χ2v) is 4.75. The molecule has 0 saturated heterocycles. The summed E-state index contributed by atoms with van der Waals surface area (Å²) in [7, 11) is 1.98. The number of ether oxygens (including phenoxy) is 2. The van der Waals surface area contributed by atoms with E-state index in [-0.39, 0.29) is 5.97 Å². The molecule has 0 spiro atoms. The fraction of sp³-hybridized carbons (Fsp3) is 0.533. The number of hydrogen-bond acceptors (Lipinski definition) is 4. The van der Waals surface area contributed by atoms with Crippen LogP contribution in [0.15, 0.2) is 18.2 Å². The van der Waals surface area contributed by atoms with Gasteiger partial charge in [0.25, 0.3) is 0 Å². The van der Waals surface area contributed by atoms with Crippen LogP contribution in [0.4, 0.5) is 0 Å². The Hall–Kier alpha value is -1.55. The number of hydrogen-bond donors (Lipinski definition) is 1. The average Bonchev–Trinajstić information content (AvgIpc) is 2.81. The van der Waals surface area contributed by atoms with Crippen LogP contribution >= 0.6 is 0 Å². The van der Waals surface area contributed by atoms with Crippen molar-refractivity contribution in [3.05, 3.63) is 29.3 Å². The fourth-order valence-corrected chi connectivity index (χ4v) is 2.48. The third-order valence-electron chi connectivity index (χ3n) is 3.47. The zero-order chi connectivity index (χ0) is 13.8. The van der Waals surface area contributed by atoms with Gasteiger partial charge in [-0.1, -0.05) is 6.07 Å². The topological polar surface area (TPSA) is 47.6 Å². The zero-order valence-electron chi connectivity index (χ0n) is 11.7. The lowest BCUT2D eigenvalue weighted by Gasteiger charge is -2.15. The number of rotatable bonds is 5. The lowest BCUT2D eigenvalue weighted by atomic mass is 10.1. The van der Waals surface area contributed by atoms with E-state index < -0.39 is 6.10 Å². The van der Waals surface area contributed by atoms with E-state index in [1.54, 1.807) is 13.8 Å². The Bertz CT molecular complexity index is 459. The summed E-state index contributed by atoms with van der Waals surface area (Å²) >= 11 is 0. The Morgan fingerprint density at radius 1 is 1.53 bits per heavy atom. The Morgan fingerprint density at radius 3 is 3.00 bits per heavy atom. The van der Waals surface area contributed by atoms with Gasteiger partial charge in [0.15, 0.2) is 6.10 Å². The molecule has 0 aromatic heterocycles. The molecule has 0 heterocycles. The molecule has 0 saturated carbocycles. The fourth-order valence-electron chi connectivity index (χ4n) is 2.48. The first-order chi connectivity index (χ1) is 9.15. The summed E-state index contributed by atoms with van der Waals surface area (Å²) in [5, 5.41) is 3.30.